The number of benzene rings is 1. The van der Waals surface area contributed by atoms with E-state index in [-0.39, 0.29) is 11.9 Å². The minimum Gasteiger partial charge on any atom is -0.370 e. The molecule has 0 bridgehead atoms. The molecule has 1 fully saturated rings. The first kappa shape index (κ1) is 14.6. The van der Waals surface area contributed by atoms with Crippen molar-refractivity contribution in [3.05, 3.63) is 59.9 Å². The van der Waals surface area contributed by atoms with Gasteiger partial charge in [0.15, 0.2) is 0 Å². The molecule has 0 saturated carbocycles. The van der Waals surface area contributed by atoms with Crippen LogP contribution in [0.15, 0.2) is 48.7 Å². The summed E-state index contributed by atoms with van der Waals surface area (Å²) in [5.41, 5.74) is 2.65. The van der Waals surface area contributed by atoms with Crippen LogP contribution in [0.1, 0.15) is 41.9 Å². The van der Waals surface area contributed by atoms with E-state index in [1.165, 1.54) is 12.8 Å². The van der Waals surface area contributed by atoms with Gasteiger partial charge in [0.25, 0.3) is 5.91 Å². The van der Waals surface area contributed by atoms with E-state index in [1.54, 1.807) is 12.3 Å². The smallest absolute Gasteiger partial charge is 0.270 e. The predicted molar refractivity (Wildman–Crippen MR) is 88.0 cm³/mol. The zero-order chi connectivity index (χ0) is 15.4. The lowest BCUT2D eigenvalue weighted by Gasteiger charge is -2.17. The number of hydrogen-bond acceptors (Lipinski definition) is 3. The van der Waals surface area contributed by atoms with Gasteiger partial charge in [0.2, 0.25) is 0 Å². The van der Waals surface area contributed by atoms with Gasteiger partial charge >= 0.3 is 0 Å². The molecule has 1 atom stereocenters. The molecule has 0 aliphatic carbocycles. The lowest BCUT2D eigenvalue weighted by atomic mass is 10.1. The van der Waals surface area contributed by atoms with Crippen LogP contribution in [0.5, 0.6) is 0 Å². The van der Waals surface area contributed by atoms with Crippen molar-refractivity contribution in [3.8, 4) is 0 Å². The number of nitrogens with zero attached hydrogens (tertiary/aromatic N) is 2. The Bertz CT molecular complexity index is 619. The minimum absolute atomic E-state index is 0.0336. The second-order valence-corrected chi connectivity index (χ2v) is 5.70. The normalized spacial score (nSPS) is 15.6. The predicted octanol–water partition coefficient (Wildman–Crippen LogP) is 3.17. The third-order valence-electron chi connectivity index (χ3n) is 4.10. The number of anilines is 1. The summed E-state index contributed by atoms with van der Waals surface area (Å²) >= 11 is 0. The van der Waals surface area contributed by atoms with E-state index in [0.717, 1.165) is 24.3 Å². The molecule has 1 aliphatic heterocycles. The maximum Gasteiger partial charge on any atom is 0.270 e. The van der Waals surface area contributed by atoms with Crippen molar-refractivity contribution in [1.29, 1.82) is 0 Å². The molecule has 1 aromatic carbocycles. The fraction of sp³-hybridized carbons (Fsp3) is 0.333. The third kappa shape index (κ3) is 3.27. The van der Waals surface area contributed by atoms with Crippen molar-refractivity contribution in [2.24, 2.45) is 0 Å². The van der Waals surface area contributed by atoms with Crippen LogP contribution < -0.4 is 10.2 Å². The number of aromatic nitrogens is 1. The van der Waals surface area contributed by atoms with Crippen molar-refractivity contribution >= 4 is 11.6 Å². The van der Waals surface area contributed by atoms with Gasteiger partial charge in [0, 0.05) is 13.1 Å². The fourth-order valence-electron chi connectivity index (χ4n) is 2.78. The van der Waals surface area contributed by atoms with Crippen LogP contribution in [0.4, 0.5) is 5.69 Å². The quantitative estimate of drug-likeness (QED) is 0.942. The van der Waals surface area contributed by atoms with Crippen LogP contribution in [-0.2, 0) is 0 Å². The first-order chi connectivity index (χ1) is 10.7. The lowest BCUT2D eigenvalue weighted by molar-refractivity contribution is 0.0935. The third-order valence-corrected chi connectivity index (χ3v) is 4.10. The summed E-state index contributed by atoms with van der Waals surface area (Å²) < 4.78 is 0. The van der Waals surface area contributed by atoms with Crippen LogP contribution in [0, 0.1) is 0 Å². The number of rotatable bonds is 4. The van der Waals surface area contributed by atoms with E-state index >= 15 is 0 Å². The zero-order valence-electron chi connectivity index (χ0n) is 12.8. The second-order valence-electron chi connectivity index (χ2n) is 5.70. The molecule has 1 saturated heterocycles. The SMILES string of the molecule is CC(NC(=O)c1ccc(N2CCCC2)cn1)c1ccccc1. The molecule has 3 rings (SSSR count). The number of hydrogen-bond donors (Lipinski definition) is 1. The molecule has 2 heterocycles. The average Bonchev–Trinajstić information content (AvgIpc) is 3.10. The second kappa shape index (κ2) is 6.60. The summed E-state index contributed by atoms with van der Waals surface area (Å²) in [5, 5.41) is 2.99. The van der Waals surface area contributed by atoms with Gasteiger partial charge in [0.05, 0.1) is 17.9 Å². The van der Waals surface area contributed by atoms with E-state index in [2.05, 4.69) is 15.2 Å². The van der Waals surface area contributed by atoms with Gasteiger partial charge in [-0.15, -0.1) is 0 Å². The average molecular weight is 295 g/mol. The number of amides is 1. The zero-order valence-corrected chi connectivity index (χ0v) is 12.8. The highest BCUT2D eigenvalue weighted by Gasteiger charge is 2.15. The van der Waals surface area contributed by atoms with Gasteiger partial charge in [-0.05, 0) is 37.5 Å². The molecule has 1 aromatic heterocycles. The highest BCUT2D eigenvalue weighted by atomic mass is 16.1. The lowest BCUT2D eigenvalue weighted by Crippen LogP contribution is -2.27. The van der Waals surface area contributed by atoms with E-state index in [1.807, 2.05) is 43.3 Å². The first-order valence-electron chi connectivity index (χ1n) is 7.81. The van der Waals surface area contributed by atoms with Gasteiger partial charge in [-0.1, -0.05) is 30.3 Å². The Hall–Kier alpha value is -2.36. The topological polar surface area (TPSA) is 45.2 Å². The first-order valence-corrected chi connectivity index (χ1v) is 7.81. The molecule has 4 heteroatoms. The molecule has 1 unspecified atom stereocenters. The number of carbonyl (C=O) groups is 1. The van der Waals surface area contributed by atoms with Crippen molar-refractivity contribution in [3.63, 3.8) is 0 Å². The molecule has 114 valence electrons. The summed E-state index contributed by atoms with van der Waals surface area (Å²) in [4.78, 5) is 18.9. The van der Waals surface area contributed by atoms with Gasteiger partial charge in [0.1, 0.15) is 5.69 Å². The minimum atomic E-state index is -0.135. The van der Waals surface area contributed by atoms with E-state index in [9.17, 15) is 4.79 Å². The highest BCUT2D eigenvalue weighted by Crippen LogP contribution is 2.19. The van der Waals surface area contributed by atoms with Gasteiger partial charge in [-0.3, -0.25) is 4.79 Å². The number of nitrogens with one attached hydrogen (secondary N) is 1. The summed E-state index contributed by atoms with van der Waals surface area (Å²) in [6, 6.07) is 13.7. The maximum absolute atomic E-state index is 12.3. The van der Waals surface area contributed by atoms with E-state index < -0.39 is 0 Å². The molecular weight excluding hydrogens is 274 g/mol. The summed E-state index contributed by atoms with van der Waals surface area (Å²) in [5.74, 6) is -0.135. The molecular formula is C18H21N3O. The standard InChI is InChI=1S/C18H21N3O/c1-14(15-7-3-2-4-8-15)20-18(22)17-10-9-16(13-19-17)21-11-5-6-12-21/h2-4,7-10,13-14H,5-6,11-12H2,1H3,(H,20,22). The van der Waals surface area contributed by atoms with Crippen LogP contribution in [0.2, 0.25) is 0 Å². The monoisotopic (exact) mass is 295 g/mol. The fourth-order valence-corrected chi connectivity index (χ4v) is 2.78. The Morgan fingerprint density at radius 1 is 1.14 bits per heavy atom. The molecule has 22 heavy (non-hydrogen) atoms. The van der Waals surface area contributed by atoms with E-state index in [0.29, 0.717) is 5.69 Å². The molecule has 2 aromatic rings. The summed E-state index contributed by atoms with van der Waals surface area (Å²) in [7, 11) is 0. The van der Waals surface area contributed by atoms with Crippen molar-refractivity contribution in [2.45, 2.75) is 25.8 Å². The molecule has 1 N–H and O–H groups in total. The van der Waals surface area contributed by atoms with Gasteiger partial charge in [-0.2, -0.15) is 0 Å². The van der Waals surface area contributed by atoms with Crippen molar-refractivity contribution < 1.29 is 4.79 Å². The van der Waals surface area contributed by atoms with Crippen LogP contribution in [-0.4, -0.2) is 24.0 Å². The summed E-state index contributed by atoms with van der Waals surface area (Å²) in [6.45, 7) is 4.14. The molecule has 0 radical (unpaired) electrons. The highest BCUT2D eigenvalue weighted by molar-refractivity contribution is 5.92. The van der Waals surface area contributed by atoms with Crippen LogP contribution in [0.25, 0.3) is 0 Å². The van der Waals surface area contributed by atoms with Crippen LogP contribution in [0.3, 0.4) is 0 Å². The number of carbonyl (C=O) groups excluding carboxylic acids is 1. The van der Waals surface area contributed by atoms with Gasteiger partial charge in [-0.25, -0.2) is 4.98 Å². The van der Waals surface area contributed by atoms with Gasteiger partial charge < -0.3 is 10.2 Å². The van der Waals surface area contributed by atoms with Crippen LogP contribution >= 0.6 is 0 Å². The maximum atomic E-state index is 12.3. The largest absolute Gasteiger partial charge is 0.370 e. The molecule has 1 amide bonds. The number of pyridine rings is 1. The van der Waals surface area contributed by atoms with E-state index in [4.69, 9.17) is 0 Å². The Balaban J connectivity index is 1.64. The van der Waals surface area contributed by atoms with Crippen molar-refractivity contribution in [1.82, 2.24) is 10.3 Å². The Labute approximate surface area is 131 Å². The Morgan fingerprint density at radius 3 is 2.50 bits per heavy atom. The summed E-state index contributed by atoms with van der Waals surface area (Å²) in [6.07, 6.45) is 4.26. The molecule has 0 spiro atoms. The molecule has 1 aliphatic rings. The Morgan fingerprint density at radius 2 is 1.86 bits per heavy atom. The van der Waals surface area contributed by atoms with Crippen molar-refractivity contribution in [2.75, 3.05) is 18.0 Å². The Kier molecular flexibility index (Phi) is 4.37. The molecule has 4 nitrogen and oxygen atoms in total.